The van der Waals surface area contributed by atoms with Crippen LogP contribution < -0.4 is 4.74 Å². The van der Waals surface area contributed by atoms with E-state index in [0.29, 0.717) is 48.7 Å². The molecule has 2 amide bonds. The molecule has 0 unspecified atom stereocenters. The molecule has 2 aromatic rings. The summed E-state index contributed by atoms with van der Waals surface area (Å²) in [6.07, 6.45) is 3.72. The number of rotatable bonds is 4. The van der Waals surface area contributed by atoms with Gasteiger partial charge in [-0.05, 0) is 50.5 Å². The third-order valence-corrected chi connectivity index (χ3v) is 6.17. The number of aryl methyl sites for hydroxylation is 1. The van der Waals surface area contributed by atoms with E-state index in [9.17, 15) is 14.0 Å². The molecule has 1 atom stereocenters. The van der Waals surface area contributed by atoms with Crippen LogP contribution in [0.3, 0.4) is 0 Å². The van der Waals surface area contributed by atoms with Gasteiger partial charge in [-0.1, -0.05) is 0 Å². The molecule has 0 N–H and O–H groups in total. The zero-order chi connectivity index (χ0) is 20.6. The Morgan fingerprint density at radius 2 is 2.10 bits per heavy atom. The zero-order valence-corrected chi connectivity index (χ0v) is 16.7. The van der Waals surface area contributed by atoms with Crippen molar-refractivity contribution in [1.29, 1.82) is 0 Å². The molecule has 2 aliphatic rings. The van der Waals surface area contributed by atoms with Crippen LogP contribution in [0.4, 0.5) is 4.39 Å². The smallest absolute Gasteiger partial charge is 0.257 e. The van der Waals surface area contributed by atoms with Gasteiger partial charge < -0.3 is 19.0 Å². The average molecular weight is 400 g/mol. The van der Waals surface area contributed by atoms with Gasteiger partial charge in [0.15, 0.2) is 0 Å². The molecule has 6 nitrogen and oxygen atoms in total. The fourth-order valence-corrected chi connectivity index (χ4v) is 4.51. The Balaban J connectivity index is 1.50. The topological polar surface area (TPSA) is 63.0 Å². The lowest BCUT2D eigenvalue weighted by atomic mass is 9.78. The number of amides is 2. The molecular formula is C22H25FN2O4. The van der Waals surface area contributed by atoms with E-state index in [0.717, 1.165) is 12.8 Å². The Morgan fingerprint density at radius 3 is 2.83 bits per heavy atom. The quantitative estimate of drug-likeness (QED) is 0.789. The number of piperidine rings is 1. The van der Waals surface area contributed by atoms with Crippen LogP contribution in [0, 0.1) is 18.2 Å². The molecule has 0 saturated carbocycles. The molecule has 7 heteroatoms. The minimum atomic E-state index is -0.582. The number of likely N-dealkylation sites (tertiary alicyclic amines) is 2. The second-order valence-corrected chi connectivity index (χ2v) is 7.94. The summed E-state index contributed by atoms with van der Waals surface area (Å²) >= 11 is 0. The number of hydrogen-bond donors (Lipinski definition) is 0. The summed E-state index contributed by atoms with van der Waals surface area (Å²) in [6, 6.07) is 6.23. The van der Waals surface area contributed by atoms with Crippen molar-refractivity contribution in [2.45, 2.75) is 32.7 Å². The first kappa shape index (κ1) is 19.5. The van der Waals surface area contributed by atoms with Crippen LogP contribution >= 0.6 is 0 Å². The highest BCUT2D eigenvalue weighted by molar-refractivity contribution is 5.96. The molecule has 2 aliphatic heterocycles. The molecule has 0 bridgehead atoms. The van der Waals surface area contributed by atoms with Crippen molar-refractivity contribution in [1.82, 2.24) is 9.80 Å². The number of carbonyl (C=O) groups is 2. The van der Waals surface area contributed by atoms with E-state index >= 15 is 0 Å². The maximum atomic E-state index is 14.3. The molecule has 154 valence electrons. The number of halogens is 1. The average Bonchev–Trinajstić information content (AvgIpc) is 3.34. The van der Waals surface area contributed by atoms with E-state index in [2.05, 4.69) is 0 Å². The molecule has 29 heavy (non-hydrogen) atoms. The fourth-order valence-electron chi connectivity index (χ4n) is 4.51. The molecule has 2 saturated heterocycles. The number of carbonyl (C=O) groups excluding carboxylic acids is 2. The first-order valence-corrected chi connectivity index (χ1v) is 9.89. The Bertz CT molecular complexity index is 941. The van der Waals surface area contributed by atoms with Crippen molar-refractivity contribution in [3.8, 4) is 5.75 Å². The second kappa shape index (κ2) is 7.54. The van der Waals surface area contributed by atoms with Gasteiger partial charge in [0.1, 0.15) is 17.3 Å². The lowest BCUT2D eigenvalue weighted by Gasteiger charge is -2.39. The number of ether oxygens (including phenoxy) is 1. The van der Waals surface area contributed by atoms with E-state index in [4.69, 9.17) is 9.15 Å². The Morgan fingerprint density at radius 1 is 1.28 bits per heavy atom. The van der Waals surface area contributed by atoms with Crippen LogP contribution in [-0.4, -0.2) is 48.4 Å². The molecule has 1 aromatic carbocycles. The Hall–Kier alpha value is -2.83. The minimum Gasteiger partial charge on any atom is -0.497 e. The van der Waals surface area contributed by atoms with Gasteiger partial charge in [-0.3, -0.25) is 9.59 Å². The number of methoxy groups -OCH3 is 1. The number of nitrogens with zero attached hydrogens (tertiary/aromatic N) is 2. The van der Waals surface area contributed by atoms with Crippen molar-refractivity contribution in [2.24, 2.45) is 5.41 Å². The zero-order valence-electron chi connectivity index (χ0n) is 16.7. The Kier molecular flexibility index (Phi) is 5.06. The molecule has 1 aromatic heterocycles. The van der Waals surface area contributed by atoms with Crippen LogP contribution in [-0.2, 0) is 11.3 Å². The standard InChI is InChI=1S/C22H25FN2O4/c1-15-18(6-11-29-15)20(26)25-10-8-22(14-25)7-3-9-24(21(22)27)13-16-12-17(28-2)4-5-19(16)23/h4-6,11-12H,3,7-10,13-14H2,1-2H3/t22-/m1/s1. The van der Waals surface area contributed by atoms with Crippen molar-refractivity contribution < 1.29 is 23.1 Å². The highest BCUT2D eigenvalue weighted by atomic mass is 19.1. The van der Waals surface area contributed by atoms with Gasteiger partial charge in [0, 0.05) is 31.7 Å². The first-order valence-electron chi connectivity index (χ1n) is 9.89. The van der Waals surface area contributed by atoms with E-state index in [-0.39, 0.29) is 24.2 Å². The van der Waals surface area contributed by atoms with Gasteiger partial charge >= 0.3 is 0 Å². The maximum absolute atomic E-state index is 14.3. The van der Waals surface area contributed by atoms with Crippen molar-refractivity contribution in [3.63, 3.8) is 0 Å². The molecule has 3 heterocycles. The minimum absolute atomic E-state index is 0.00480. The molecule has 4 rings (SSSR count). The largest absolute Gasteiger partial charge is 0.497 e. The van der Waals surface area contributed by atoms with Gasteiger partial charge in [-0.25, -0.2) is 4.39 Å². The summed E-state index contributed by atoms with van der Waals surface area (Å²) in [7, 11) is 1.53. The summed E-state index contributed by atoms with van der Waals surface area (Å²) in [4.78, 5) is 29.6. The lowest BCUT2D eigenvalue weighted by molar-refractivity contribution is -0.146. The molecular weight excluding hydrogens is 375 g/mol. The monoisotopic (exact) mass is 400 g/mol. The summed E-state index contributed by atoms with van der Waals surface area (Å²) < 4.78 is 24.7. The fraction of sp³-hybridized carbons (Fsp3) is 0.455. The van der Waals surface area contributed by atoms with Crippen LogP contribution in [0.25, 0.3) is 0 Å². The number of furan rings is 1. The van der Waals surface area contributed by atoms with Crippen LogP contribution in [0.15, 0.2) is 34.9 Å². The van der Waals surface area contributed by atoms with Crippen LogP contribution in [0.1, 0.15) is 40.9 Å². The van der Waals surface area contributed by atoms with Crippen LogP contribution in [0.2, 0.25) is 0 Å². The predicted octanol–water partition coefficient (Wildman–Crippen LogP) is 3.39. The van der Waals surface area contributed by atoms with Gasteiger partial charge in [0.2, 0.25) is 5.91 Å². The molecule has 1 spiro atoms. The first-order chi connectivity index (χ1) is 13.9. The summed E-state index contributed by atoms with van der Waals surface area (Å²) in [5, 5.41) is 0. The third-order valence-electron chi connectivity index (χ3n) is 6.17. The predicted molar refractivity (Wildman–Crippen MR) is 104 cm³/mol. The highest BCUT2D eigenvalue weighted by Gasteiger charge is 2.49. The third kappa shape index (κ3) is 3.50. The second-order valence-electron chi connectivity index (χ2n) is 7.94. The van der Waals surface area contributed by atoms with Gasteiger partial charge in [-0.15, -0.1) is 0 Å². The van der Waals surface area contributed by atoms with Gasteiger partial charge in [0.25, 0.3) is 5.91 Å². The van der Waals surface area contributed by atoms with E-state index in [1.54, 1.807) is 34.9 Å². The molecule has 0 aliphatic carbocycles. The summed E-state index contributed by atoms with van der Waals surface area (Å²) in [5.74, 6) is 0.702. The van der Waals surface area contributed by atoms with Gasteiger partial charge in [-0.2, -0.15) is 0 Å². The van der Waals surface area contributed by atoms with Crippen molar-refractivity contribution >= 4 is 11.8 Å². The highest BCUT2D eigenvalue weighted by Crippen LogP contribution is 2.41. The summed E-state index contributed by atoms with van der Waals surface area (Å²) in [6.45, 7) is 3.49. The summed E-state index contributed by atoms with van der Waals surface area (Å²) in [5.41, 5.74) is 0.399. The van der Waals surface area contributed by atoms with Crippen molar-refractivity contribution in [3.05, 3.63) is 53.2 Å². The van der Waals surface area contributed by atoms with E-state index in [1.807, 2.05) is 0 Å². The SMILES string of the molecule is COc1ccc(F)c(CN2CCC[C@]3(CCN(C(=O)c4ccoc4C)C3)C2=O)c1. The molecule has 0 radical (unpaired) electrons. The van der Waals surface area contributed by atoms with Gasteiger partial charge in [0.05, 0.1) is 24.4 Å². The molecule has 2 fully saturated rings. The Labute approximate surface area is 169 Å². The van der Waals surface area contributed by atoms with Crippen molar-refractivity contribution in [2.75, 3.05) is 26.7 Å². The number of hydrogen-bond acceptors (Lipinski definition) is 4. The number of benzene rings is 1. The maximum Gasteiger partial charge on any atom is 0.257 e. The van der Waals surface area contributed by atoms with Crippen LogP contribution in [0.5, 0.6) is 5.75 Å². The van der Waals surface area contributed by atoms with E-state index in [1.165, 1.54) is 19.4 Å². The normalized spacial score (nSPS) is 21.8. The van der Waals surface area contributed by atoms with E-state index < -0.39 is 5.41 Å². The lowest BCUT2D eigenvalue weighted by Crippen LogP contribution is -2.50.